The van der Waals surface area contributed by atoms with Gasteiger partial charge in [-0.25, -0.2) is 19.1 Å². The minimum atomic E-state index is -0.963. The maximum Gasteiger partial charge on any atom is 0.407 e. The number of hydrogen-bond acceptors (Lipinski definition) is 6. The topological polar surface area (TPSA) is 104 Å². The average Bonchev–Trinajstić information content (AvgIpc) is 2.89. The van der Waals surface area contributed by atoms with E-state index in [0.29, 0.717) is 52.9 Å². The molecule has 4 heterocycles. The summed E-state index contributed by atoms with van der Waals surface area (Å²) in [5, 5.41) is 10.5. The number of piperazine rings is 1. The minimum Gasteiger partial charge on any atom is -0.465 e. The summed E-state index contributed by atoms with van der Waals surface area (Å²) in [7, 11) is 0. The van der Waals surface area contributed by atoms with E-state index in [9.17, 15) is 14.7 Å². The number of pyridine rings is 2. The number of amides is 1. The van der Waals surface area contributed by atoms with Crippen molar-refractivity contribution in [3.63, 3.8) is 0 Å². The number of aromatic nitrogens is 4. The monoisotopic (exact) mass is 532 g/mol. The van der Waals surface area contributed by atoms with Crippen LogP contribution in [0.3, 0.4) is 0 Å². The van der Waals surface area contributed by atoms with Gasteiger partial charge in [-0.15, -0.1) is 0 Å². The summed E-state index contributed by atoms with van der Waals surface area (Å²) in [6, 6.07) is 13.1. The second-order valence-electron chi connectivity index (χ2n) is 9.90. The van der Waals surface area contributed by atoms with Crippen molar-refractivity contribution in [1.82, 2.24) is 24.4 Å². The van der Waals surface area contributed by atoms with Gasteiger partial charge < -0.3 is 14.9 Å². The number of carboxylic acid groups (broad SMARTS) is 1. The van der Waals surface area contributed by atoms with Crippen LogP contribution in [0.2, 0.25) is 5.02 Å². The van der Waals surface area contributed by atoms with Crippen LogP contribution in [0.5, 0.6) is 0 Å². The fourth-order valence-electron chi connectivity index (χ4n) is 5.06. The van der Waals surface area contributed by atoms with Gasteiger partial charge in [0.25, 0.3) is 0 Å². The van der Waals surface area contributed by atoms with Crippen LogP contribution in [0.1, 0.15) is 37.9 Å². The molecule has 10 heteroatoms. The van der Waals surface area contributed by atoms with Crippen LogP contribution in [0.15, 0.2) is 53.5 Å². The lowest BCUT2D eigenvalue weighted by molar-refractivity contribution is 0.136. The highest BCUT2D eigenvalue weighted by molar-refractivity contribution is 6.33. The molecule has 0 radical (unpaired) electrons. The smallest absolute Gasteiger partial charge is 0.407 e. The standard InChI is InChI=1S/C28H29ClN6O3/c1-16(2)22-24(17(3)10-11-30-22)35-26-20(14-21(29)23(31-26)19-8-6-5-7-9-19)25(32-27(35)36)34-13-12-33(28(37)38)15-18(34)4/h5-11,14,16,18H,12-13,15H2,1-4H3,(H,37,38)/t18-/m0/s1. The van der Waals surface area contributed by atoms with E-state index in [1.165, 1.54) is 9.47 Å². The third kappa shape index (κ3) is 4.47. The number of benzene rings is 1. The molecule has 1 aliphatic rings. The van der Waals surface area contributed by atoms with E-state index >= 15 is 0 Å². The summed E-state index contributed by atoms with van der Waals surface area (Å²) in [6.45, 7) is 8.91. The van der Waals surface area contributed by atoms with Crippen molar-refractivity contribution in [2.24, 2.45) is 0 Å². The van der Waals surface area contributed by atoms with E-state index in [4.69, 9.17) is 16.6 Å². The lowest BCUT2D eigenvalue weighted by Crippen LogP contribution is -2.54. The number of carbonyl (C=O) groups is 1. The zero-order chi connectivity index (χ0) is 27.1. The summed E-state index contributed by atoms with van der Waals surface area (Å²) in [5.41, 5.74) is 3.64. The Morgan fingerprint density at radius 1 is 1.13 bits per heavy atom. The van der Waals surface area contributed by atoms with Crippen LogP contribution >= 0.6 is 11.6 Å². The van der Waals surface area contributed by atoms with Gasteiger partial charge in [0.1, 0.15) is 5.82 Å². The Bertz CT molecular complexity index is 1590. The summed E-state index contributed by atoms with van der Waals surface area (Å²) in [4.78, 5) is 42.9. The highest BCUT2D eigenvalue weighted by atomic mass is 35.5. The van der Waals surface area contributed by atoms with Crippen molar-refractivity contribution < 1.29 is 9.90 Å². The summed E-state index contributed by atoms with van der Waals surface area (Å²) in [6.07, 6.45) is 0.780. The highest BCUT2D eigenvalue weighted by Crippen LogP contribution is 2.35. The molecule has 0 aliphatic carbocycles. The fourth-order valence-corrected chi connectivity index (χ4v) is 5.32. The highest BCUT2D eigenvalue weighted by Gasteiger charge is 2.30. The minimum absolute atomic E-state index is 0.0524. The Balaban J connectivity index is 1.82. The van der Waals surface area contributed by atoms with Crippen molar-refractivity contribution >= 4 is 34.5 Å². The molecule has 0 spiro atoms. The Labute approximate surface area is 225 Å². The SMILES string of the molecule is Cc1ccnc(C(C)C)c1-n1c(=O)nc(N2CCN(C(=O)O)C[C@@H]2C)c2cc(Cl)c(-c3ccccc3)nc21. The Kier molecular flexibility index (Phi) is 6.79. The van der Waals surface area contributed by atoms with Gasteiger partial charge in [0, 0.05) is 37.4 Å². The number of fused-ring (bicyclic) bond motifs is 1. The van der Waals surface area contributed by atoms with Crippen molar-refractivity contribution in [3.8, 4) is 16.9 Å². The molecule has 3 aromatic heterocycles. The number of aryl methyl sites for hydroxylation is 1. The van der Waals surface area contributed by atoms with Crippen LogP contribution in [-0.4, -0.2) is 61.3 Å². The first-order valence-corrected chi connectivity index (χ1v) is 12.9. The summed E-state index contributed by atoms with van der Waals surface area (Å²) < 4.78 is 1.54. The quantitative estimate of drug-likeness (QED) is 0.389. The van der Waals surface area contributed by atoms with Gasteiger partial charge in [-0.3, -0.25) is 4.98 Å². The Hall–Kier alpha value is -3.98. The van der Waals surface area contributed by atoms with Gasteiger partial charge in [-0.1, -0.05) is 55.8 Å². The zero-order valence-electron chi connectivity index (χ0n) is 21.7. The van der Waals surface area contributed by atoms with Crippen LogP contribution in [-0.2, 0) is 0 Å². The van der Waals surface area contributed by atoms with Crippen LogP contribution in [0.4, 0.5) is 10.6 Å². The molecule has 1 aliphatic heterocycles. The van der Waals surface area contributed by atoms with Crippen molar-refractivity contribution in [2.75, 3.05) is 24.5 Å². The van der Waals surface area contributed by atoms with Crippen molar-refractivity contribution in [2.45, 2.75) is 39.7 Å². The maximum absolute atomic E-state index is 13.9. The Morgan fingerprint density at radius 3 is 2.53 bits per heavy atom. The molecule has 1 saturated heterocycles. The lowest BCUT2D eigenvalue weighted by atomic mass is 10.0. The zero-order valence-corrected chi connectivity index (χ0v) is 22.5. The Morgan fingerprint density at radius 2 is 1.87 bits per heavy atom. The van der Waals surface area contributed by atoms with Crippen LogP contribution < -0.4 is 10.6 Å². The van der Waals surface area contributed by atoms with Gasteiger partial charge in [-0.05, 0) is 37.5 Å². The predicted octanol–water partition coefficient (Wildman–Crippen LogP) is 5.12. The third-order valence-corrected chi connectivity index (χ3v) is 7.23. The van der Waals surface area contributed by atoms with E-state index < -0.39 is 11.8 Å². The van der Waals surface area contributed by atoms with Crippen LogP contribution in [0.25, 0.3) is 28.0 Å². The molecular weight excluding hydrogens is 504 g/mol. The largest absolute Gasteiger partial charge is 0.465 e. The molecule has 1 amide bonds. The molecule has 1 aromatic carbocycles. The second-order valence-corrected chi connectivity index (χ2v) is 10.3. The van der Waals surface area contributed by atoms with E-state index in [-0.39, 0.29) is 12.0 Å². The molecule has 196 valence electrons. The van der Waals surface area contributed by atoms with Gasteiger partial charge in [0.2, 0.25) is 0 Å². The summed E-state index contributed by atoms with van der Waals surface area (Å²) >= 11 is 6.81. The van der Waals surface area contributed by atoms with Crippen molar-refractivity contribution in [1.29, 1.82) is 0 Å². The molecule has 1 N–H and O–H groups in total. The first-order chi connectivity index (χ1) is 18.2. The molecule has 0 saturated carbocycles. The first kappa shape index (κ1) is 25.7. The normalized spacial score (nSPS) is 15.9. The molecule has 5 rings (SSSR count). The molecule has 9 nitrogen and oxygen atoms in total. The van der Waals surface area contributed by atoms with Gasteiger partial charge in [0.15, 0.2) is 5.65 Å². The molecule has 0 bridgehead atoms. The third-order valence-electron chi connectivity index (χ3n) is 6.94. The first-order valence-electron chi connectivity index (χ1n) is 12.6. The number of halogens is 1. The molecule has 4 aromatic rings. The fraction of sp³-hybridized carbons (Fsp3) is 0.321. The molecular formula is C28H29ClN6O3. The predicted molar refractivity (Wildman–Crippen MR) is 149 cm³/mol. The van der Waals surface area contributed by atoms with Crippen molar-refractivity contribution in [3.05, 3.63) is 75.4 Å². The van der Waals surface area contributed by atoms with E-state index in [1.807, 2.05) is 75.1 Å². The maximum atomic E-state index is 13.9. The lowest BCUT2D eigenvalue weighted by Gasteiger charge is -2.39. The molecule has 1 atom stereocenters. The number of nitrogens with zero attached hydrogens (tertiary/aromatic N) is 6. The average molecular weight is 533 g/mol. The molecule has 1 fully saturated rings. The molecule has 38 heavy (non-hydrogen) atoms. The van der Waals surface area contributed by atoms with Crippen LogP contribution in [0, 0.1) is 6.92 Å². The van der Waals surface area contributed by atoms with E-state index in [1.54, 1.807) is 6.20 Å². The number of rotatable bonds is 4. The van der Waals surface area contributed by atoms with E-state index in [0.717, 1.165) is 16.8 Å². The van der Waals surface area contributed by atoms with Gasteiger partial charge in [-0.2, -0.15) is 4.98 Å². The van der Waals surface area contributed by atoms with Gasteiger partial charge in [0.05, 0.1) is 27.5 Å². The van der Waals surface area contributed by atoms with Gasteiger partial charge >= 0.3 is 11.8 Å². The second kappa shape index (κ2) is 10.1. The number of anilines is 1. The van der Waals surface area contributed by atoms with E-state index in [2.05, 4.69) is 9.97 Å². The summed E-state index contributed by atoms with van der Waals surface area (Å²) in [5.74, 6) is 0.497. The number of hydrogen-bond donors (Lipinski definition) is 1. The molecule has 0 unspecified atom stereocenters.